The third-order valence-corrected chi connectivity index (χ3v) is 7.69. The van der Waals surface area contributed by atoms with Gasteiger partial charge in [-0.25, -0.2) is 13.1 Å². The van der Waals surface area contributed by atoms with E-state index >= 15 is 0 Å². The van der Waals surface area contributed by atoms with E-state index in [1.165, 1.54) is 10.7 Å². The minimum atomic E-state index is -4.26. The summed E-state index contributed by atoms with van der Waals surface area (Å²) in [5, 5.41) is 18.9. The SMILES string of the molecule is Cc1ccc(-n2nc(C(=O)Nc3cccc(C)c3)c(C)c2Oc2ccc([N+](=O)[O-])cc2S(=O)(=O)NC(C)(C)C)cc1. The van der Waals surface area contributed by atoms with Crippen LogP contribution in [0.1, 0.15) is 48.0 Å². The number of carbonyl (C=O) groups excluding carboxylic acids is 1. The second kappa shape index (κ2) is 11.1. The molecule has 1 aromatic heterocycles. The van der Waals surface area contributed by atoms with E-state index in [0.29, 0.717) is 16.9 Å². The highest BCUT2D eigenvalue weighted by atomic mass is 32.2. The summed E-state index contributed by atoms with van der Waals surface area (Å²) in [4.78, 5) is 23.7. The average molecular weight is 578 g/mol. The zero-order valence-corrected chi connectivity index (χ0v) is 24.4. The fourth-order valence-electron chi connectivity index (χ4n) is 4.06. The number of hydrogen-bond acceptors (Lipinski definition) is 7. The number of sulfonamides is 1. The summed E-state index contributed by atoms with van der Waals surface area (Å²) < 4.78 is 36.8. The van der Waals surface area contributed by atoms with E-state index in [0.717, 1.165) is 23.3 Å². The lowest BCUT2D eigenvalue weighted by atomic mass is 10.1. The molecule has 11 nitrogen and oxygen atoms in total. The number of nitro benzene ring substituents is 1. The first-order valence-corrected chi connectivity index (χ1v) is 14.2. The molecule has 1 amide bonds. The number of amides is 1. The maximum atomic E-state index is 13.4. The van der Waals surface area contributed by atoms with Gasteiger partial charge in [0.2, 0.25) is 15.9 Å². The minimum Gasteiger partial charge on any atom is -0.437 e. The lowest BCUT2D eigenvalue weighted by molar-refractivity contribution is -0.385. The molecule has 3 aromatic carbocycles. The predicted molar refractivity (Wildman–Crippen MR) is 155 cm³/mol. The van der Waals surface area contributed by atoms with Crippen molar-refractivity contribution >= 4 is 27.3 Å². The highest BCUT2D eigenvalue weighted by Crippen LogP contribution is 2.36. The van der Waals surface area contributed by atoms with Crippen molar-refractivity contribution in [2.24, 2.45) is 0 Å². The average Bonchev–Trinajstić information content (AvgIpc) is 3.19. The van der Waals surface area contributed by atoms with Crippen LogP contribution in [0.5, 0.6) is 11.6 Å². The molecule has 4 rings (SSSR count). The van der Waals surface area contributed by atoms with Crippen molar-refractivity contribution < 1.29 is 22.9 Å². The van der Waals surface area contributed by atoms with Crippen molar-refractivity contribution in [3.05, 3.63) is 99.2 Å². The van der Waals surface area contributed by atoms with Crippen LogP contribution >= 0.6 is 0 Å². The van der Waals surface area contributed by atoms with Crippen molar-refractivity contribution in [2.45, 2.75) is 52.0 Å². The number of carbonyl (C=O) groups is 1. The van der Waals surface area contributed by atoms with Gasteiger partial charge in [0.15, 0.2) is 5.69 Å². The largest absolute Gasteiger partial charge is 0.437 e. The van der Waals surface area contributed by atoms with Gasteiger partial charge in [-0.3, -0.25) is 14.9 Å². The van der Waals surface area contributed by atoms with Crippen molar-refractivity contribution in [1.82, 2.24) is 14.5 Å². The first-order valence-electron chi connectivity index (χ1n) is 12.7. The zero-order chi connectivity index (χ0) is 30.1. The lowest BCUT2D eigenvalue weighted by Crippen LogP contribution is -2.40. The smallest absolute Gasteiger partial charge is 0.276 e. The standard InChI is InChI=1S/C29H31N5O6S/c1-18-10-12-22(13-11-18)33-28(20(3)26(31-33)27(35)30-21-9-7-8-19(2)16-21)40-24-15-14-23(34(36)37)17-25(24)41(38,39)32-29(4,5)6/h7-17,32H,1-6H3,(H,30,35). The number of nitrogens with zero attached hydrogens (tertiary/aromatic N) is 3. The molecular weight excluding hydrogens is 546 g/mol. The molecule has 0 aliphatic carbocycles. The number of nitrogens with one attached hydrogen (secondary N) is 2. The molecule has 214 valence electrons. The molecule has 0 saturated heterocycles. The molecule has 0 bridgehead atoms. The summed E-state index contributed by atoms with van der Waals surface area (Å²) >= 11 is 0. The fraction of sp³-hybridized carbons (Fsp3) is 0.241. The maximum absolute atomic E-state index is 13.4. The molecule has 12 heteroatoms. The van der Waals surface area contributed by atoms with Crippen LogP contribution in [0, 0.1) is 30.9 Å². The van der Waals surface area contributed by atoms with Gasteiger partial charge in [0.05, 0.1) is 10.6 Å². The summed E-state index contributed by atoms with van der Waals surface area (Å²) in [5.41, 5.74) is 2.19. The normalized spacial score (nSPS) is 11.8. The molecule has 0 atom stereocenters. The summed E-state index contributed by atoms with van der Waals surface area (Å²) in [7, 11) is -4.26. The number of aryl methyl sites for hydroxylation is 2. The Kier molecular flexibility index (Phi) is 8.00. The summed E-state index contributed by atoms with van der Waals surface area (Å²) in [6, 6.07) is 17.9. The number of anilines is 1. The number of non-ortho nitro benzene ring substituents is 1. The first kappa shape index (κ1) is 29.4. The molecule has 0 fully saturated rings. The van der Waals surface area contributed by atoms with Crippen LogP contribution in [-0.4, -0.2) is 34.6 Å². The van der Waals surface area contributed by atoms with E-state index in [4.69, 9.17) is 4.74 Å². The van der Waals surface area contributed by atoms with Crippen molar-refractivity contribution in [3.63, 3.8) is 0 Å². The number of benzene rings is 3. The van der Waals surface area contributed by atoms with E-state index in [2.05, 4.69) is 15.1 Å². The van der Waals surface area contributed by atoms with Gasteiger partial charge in [-0.1, -0.05) is 29.8 Å². The van der Waals surface area contributed by atoms with Gasteiger partial charge in [-0.05, 0) is 77.4 Å². The van der Waals surface area contributed by atoms with Gasteiger partial charge >= 0.3 is 0 Å². The Morgan fingerprint density at radius 1 is 0.976 bits per heavy atom. The van der Waals surface area contributed by atoms with E-state index in [-0.39, 0.29) is 17.3 Å². The number of hydrogen-bond donors (Lipinski definition) is 2. The summed E-state index contributed by atoms with van der Waals surface area (Å²) in [5.74, 6) is -0.589. The van der Waals surface area contributed by atoms with E-state index in [1.54, 1.807) is 45.9 Å². The van der Waals surface area contributed by atoms with Crippen LogP contribution in [0.2, 0.25) is 0 Å². The van der Waals surface area contributed by atoms with Crippen molar-refractivity contribution in [2.75, 3.05) is 5.32 Å². The monoisotopic (exact) mass is 577 g/mol. The lowest BCUT2D eigenvalue weighted by Gasteiger charge is -2.21. The minimum absolute atomic E-state index is 0.0567. The molecule has 0 spiro atoms. The second-order valence-electron chi connectivity index (χ2n) is 10.7. The van der Waals surface area contributed by atoms with Gasteiger partial charge in [0.25, 0.3) is 11.6 Å². The molecular formula is C29H31N5O6S. The highest BCUT2D eigenvalue weighted by Gasteiger charge is 2.30. The number of nitro groups is 1. The number of aromatic nitrogens is 2. The van der Waals surface area contributed by atoms with Crippen LogP contribution in [0.15, 0.2) is 71.6 Å². The van der Waals surface area contributed by atoms with Gasteiger partial charge in [-0.15, -0.1) is 0 Å². The molecule has 0 radical (unpaired) electrons. The van der Waals surface area contributed by atoms with Crippen LogP contribution in [0.25, 0.3) is 5.69 Å². The Morgan fingerprint density at radius 2 is 1.66 bits per heavy atom. The van der Waals surface area contributed by atoms with E-state index in [1.807, 2.05) is 44.2 Å². The van der Waals surface area contributed by atoms with Gasteiger partial charge in [0, 0.05) is 28.9 Å². The molecule has 4 aromatic rings. The number of ether oxygens (including phenoxy) is 1. The molecule has 0 saturated carbocycles. The second-order valence-corrected chi connectivity index (χ2v) is 12.3. The van der Waals surface area contributed by atoms with Crippen LogP contribution in [0.3, 0.4) is 0 Å². The van der Waals surface area contributed by atoms with Crippen molar-refractivity contribution in [3.8, 4) is 17.3 Å². The predicted octanol–water partition coefficient (Wildman–Crippen LogP) is 5.83. The molecule has 41 heavy (non-hydrogen) atoms. The Balaban J connectivity index is 1.86. The van der Waals surface area contributed by atoms with Crippen LogP contribution < -0.4 is 14.8 Å². The van der Waals surface area contributed by atoms with Crippen LogP contribution in [0.4, 0.5) is 11.4 Å². The molecule has 0 aliphatic heterocycles. The molecule has 2 N–H and O–H groups in total. The van der Waals surface area contributed by atoms with Crippen molar-refractivity contribution in [1.29, 1.82) is 0 Å². The Hall–Kier alpha value is -4.55. The van der Waals surface area contributed by atoms with E-state index < -0.39 is 37.0 Å². The Bertz CT molecular complexity index is 1740. The van der Waals surface area contributed by atoms with Gasteiger partial charge in [-0.2, -0.15) is 9.78 Å². The first-order chi connectivity index (χ1) is 19.1. The quantitative estimate of drug-likeness (QED) is 0.198. The third-order valence-electron chi connectivity index (χ3n) is 5.91. The van der Waals surface area contributed by atoms with Gasteiger partial charge in [0.1, 0.15) is 10.6 Å². The highest BCUT2D eigenvalue weighted by molar-refractivity contribution is 7.89. The molecule has 0 aliphatic rings. The Labute approximate surface area is 238 Å². The number of rotatable bonds is 8. The van der Waals surface area contributed by atoms with Crippen LogP contribution in [-0.2, 0) is 10.0 Å². The van der Waals surface area contributed by atoms with E-state index in [9.17, 15) is 23.3 Å². The zero-order valence-electron chi connectivity index (χ0n) is 23.6. The topological polar surface area (TPSA) is 145 Å². The summed E-state index contributed by atoms with van der Waals surface area (Å²) in [6.07, 6.45) is 0. The van der Waals surface area contributed by atoms with Gasteiger partial charge < -0.3 is 10.1 Å². The maximum Gasteiger partial charge on any atom is 0.276 e. The fourth-order valence-corrected chi connectivity index (χ4v) is 5.62. The Morgan fingerprint density at radius 3 is 2.27 bits per heavy atom. The molecule has 1 heterocycles. The third kappa shape index (κ3) is 6.79. The summed E-state index contributed by atoms with van der Waals surface area (Å²) in [6.45, 7) is 10.4. The molecule has 0 unspecified atom stereocenters.